The van der Waals surface area contributed by atoms with Crippen LogP contribution in [0.4, 0.5) is 0 Å². The Hall–Kier alpha value is -1.03. The summed E-state index contributed by atoms with van der Waals surface area (Å²) in [6.07, 6.45) is 0. The van der Waals surface area contributed by atoms with E-state index >= 15 is 0 Å². The quantitative estimate of drug-likeness (QED) is 0.870. The Kier molecular flexibility index (Phi) is 3.39. The average molecular weight is 273 g/mol. The maximum absolute atomic E-state index is 10.9. The third-order valence-corrected chi connectivity index (χ3v) is 3.23. The van der Waals surface area contributed by atoms with Crippen molar-refractivity contribution >= 4 is 21.9 Å². The van der Waals surface area contributed by atoms with Crippen LogP contribution in [0, 0.1) is 13.8 Å². The van der Waals surface area contributed by atoms with Crippen molar-refractivity contribution in [1.82, 2.24) is 0 Å². The van der Waals surface area contributed by atoms with Gasteiger partial charge in [0, 0.05) is 5.56 Å². The number of benzene rings is 1. The molecule has 0 spiro atoms. The largest absolute Gasteiger partial charge is 0.506 e. The van der Waals surface area contributed by atoms with Gasteiger partial charge >= 0.3 is 5.97 Å². The number of carboxylic acids is 1. The number of aryl methyl sites for hydroxylation is 1. The molecule has 0 aliphatic carbocycles. The zero-order chi connectivity index (χ0) is 11.7. The highest BCUT2D eigenvalue weighted by molar-refractivity contribution is 9.10. The van der Waals surface area contributed by atoms with Gasteiger partial charge in [-0.3, -0.25) is 4.79 Å². The van der Waals surface area contributed by atoms with E-state index < -0.39 is 11.9 Å². The molecular formula is C11H13BrO3. The van der Waals surface area contributed by atoms with Crippen LogP contribution in [0.5, 0.6) is 5.75 Å². The summed E-state index contributed by atoms with van der Waals surface area (Å²) in [5, 5.41) is 18.8. The van der Waals surface area contributed by atoms with Crippen LogP contribution in [-0.4, -0.2) is 16.2 Å². The molecule has 0 saturated heterocycles. The van der Waals surface area contributed by atoms with Crippen LogP contribution in [-0.2, 0) is 4.79 Å². The normalized spacial score (nSPS) is 12.5. The molecule has 1 unspecified atom stereocenters. The number of halogens is 1. The van der Waals surface area contributed by atoms with Crippen LogP contribution in [0.2, 0.25) is 0 Å². The van der Waals surface area contributed by atoms with Gasteiger partial charge in [-0.05, 0) is 53.9 Å². The number of carbonyl (C=O) groups is 1. The second kappa shape index (κ2) is 4.23. The predicted octanol–water partition coefficient (Wildman–Crippen LogP) is 2.96. The number of aromatic hydroxyl groups is 1. The summed E-state index contributed by atoms with van der Waals surface area (Å²) in [7, 11) is 0. The van der Waals surface area contributed by atoms with Crippen molar-refractivity contribution in [3.8, 4) is 5.75 Å². The number of aliphatic carboxylic acids is 1. The van der Waals surface area contributed by atoms with Crippen molar-refractivity contribution in [1.29, 1.82) is 0 Å². The molecule has 1 rings (SSSR count). The van der Waals surface area contributed by atoms with Gasteiger partial charge in [-0.1, -0.05) is 0 Å². The molecule has 0 bridgehead atoms. The minimum Gasteiger partial charge on any atom is -0.506 e. The molecule has 0 radical (unpaired) electrons. The molecule has 0 heterocycles. The summed E-state index contributed by atoms with van der Waals surface area (Å²) in [6, 6.07) is 1.78. The Morgan fingerprint density at radius 1 is 1.47 bits per heavy atom. The fourth-order valence-electron chi connectivity index (χ4n) is 1.54. The van der Waals surface area contributed by atoms with Crippen LogP contribution >= 0.6 is 15.9 Å². The summed E-state index contributed by atoms with van der Waals surface area (Å²) in [5.41, 5.74) is 2.27. The summed E-state index contributed by atoms with van der Waals surface area (Å²) in [6.45, 7) is 5.27. The number of rotatable bonds is 2. The molecule has 4 heteroatoms. The molecule has 0 amide bonds. The van der Waals surface area contributed by atoms with E-state index in [4.69, 9.17) is 5.11 Å². The Morgan fingerprint density at radius 2 is 2.00 bits per heavy atom. The summed E-state index contributed by atoms with van der Waals surface area (Å²) < 4.78 is 0.536. The summed E-state index contributed by atoms with van der Waals surface area (Å²) in [5.74, 6) is -1.62. The Morgan fingerprint density at radius 3 is 2.47 bits per heavy atom. The van der Waals surface area contributed by atoms with Gasteiger partial charge in [-0.25, -0.2) is 0 Å². The van der Waals surface area contributed by atoms with Gasteiger partial charge in [-0.15, -0.1) is 0 Å². The smallest absolute Gasteiger partial charge is 0.310 e. The predicted molar refractivity (Wildman–Crippen MR) is 61.3 cm³/mol. The van der Waals surface area contributed by atoms with Gasteiger partial charge in [0.05, 0.1) is 10.4 Å². The first kappa shape index (κ1) is 12.0. The van der Waals surface area contributed by atoms with Crippen molar-refractivity contribution in [3.05, 3.63) is 27.2 Å². The van der Waals surface area contributed by atoms with Crippen LogP contribution in [0.1, 0.15) is 29.5 Å². The Bertz CT molecular complexity index is 387. The van der Waals surface area contributed by atoms with Crippen molar-refractivity contribution in [2.24, 2.45) is 0 Å². The maximum Gasteiger partial charge on any atom is 0.310 e. The minimum atomic E-state index is -0.939. The van der Waals surface area contributed by atoms with Gasteiger partial charge in [-0.2, -0.15) is 0 Å². The Balaban J connectivity index is 3.45. The average Bonchev–Trinajstić information content (AvgIpc) is 2.15. The third-order valence-electron chi connectivity index (χ3n) is 2.62. The first-order valence-electron chi connectivity index (χ1n) is 4.57. The fraction of sp³-hybridized carbons (Fsp3) is 0.364. The van der Waals surface area contributed by atoms with E-state index in [1.54, 1.807) is 13.0 Å². The lowest BCUT2D eigenvalue weighted by atomic mass is 9.92. The van der Waals surface area contributed by atoms with E-state index in [-0.39, 0.29) is 5.75 Å². The van der Waals surface area contributed by atoms with Crippen LogP contribution < -0.4 is 0 Å². The van der Waals surface area contributed by atoms with Crippen LogP contribution in [0.15, 0.2) is 10.5 Å². The van der Waals surface area contributed by atoms with Gasteiger partial charge in [0.25, 0.3) is 0 Å². The van der Waals surface area contributed by atoms with E-state index in [0.29, 0.717) is 10.0 Å². The maximum atomic E-state index is 10.9. The molecule has 3 nitrogen and oxygen atoms in total. The van der Waals surface area contributed by atoms with E-state index in [9.17, 15) is 9.90 Å². The molecule has 0 fully saturated rings. The second-order valence-corrected chi connectivity index (χ2v) is 4.48. The van der Waals surface area contributed by atoms with E-state index in [2.05, 4.69) is 15.9 Å². The minimum absolute atomic E-state index is 0.0213. The lowest BCUT2D eigenvalue weighted by molar-refractivity contribution is -0.138. The van der Waals surface area contributed by atoms with E-state index in [0.717, 1.165) is 11.1 Å². The highest BCUT2D eigenvalue weighted by Crippen LogP contribution is 2.37. The van der Waals surface area contributed by atoms with Gasteiger partial charge in [0.2, 0.25) is 0 Å². The van der Waals surface area contributed by atoms with Crippen molar-refractivity contribution in [3.63, 3.8) is 0 Å². The first-order chi connectivity index (χ1) is 6.86. The monoisotopic (exact) mass is 272 g/mol. The summed E-state index contributed by atoms with van der Waals surface area (Å²) >= 11 is 3.21. The van der Waals surface area contributed by atoms with Gasteiger partial charge in [0.1, 0.15) is 5.75 Å². The molecule has 1 aromatic carbocycles. The molecule has 82 valence electrons. The van der Waals surface area contributed by atoms with Crippen molar-refractivity contribution < 1.29 is 15.0 Å². The zero-order valence-electron chi connectivity index (χ0n) is 8.84. The molecule has 2 N–H and O–H groups in total. The first-order valence-corrected chi connectivity index (χ1v) is 5.37. The lowest BCUT2D eigenvalue weighted by Crippen LogP contribution is -2.10. The van der Waals surface area contributed by atoms with Crippen LogP contribution in [0.3, 0.4) is 0 Å². The van der Waals surface area contributed by atoms with E-state index in [1.807, 2.05) is 13.8 Å². The molecule has 0 saturated carbocycles. The lowest BCUT2D eigenvalue weighted by Gasteiger charge is -2.15. The number of carboxylic acid groups (broad SMARTS) is 1. The number of hydrogen-bond donors (Lipinski definition) is 2. The number of phenolic OH excluding ortho intramolecular Hbond substituents is 1. The standard InChI is InChI=1S/C11H13BrO3/c1-5-4-8(12)10(13)9(6(5)2)7(3)11(14)15/h4,7,13H,1-3H3,(H,14,15). The topological polar surface area (TPSA) is 57.5 Å². The number of phenols is 1. The summed E-state index contributed by atoms with van der Waals surface area (Å²) in [4.78, 5) is 10.9. The Labute approximate surface area is 96.9 Å². The van der Waals surface area contributed by atoms with E-state index in [1.165, 1.54) is 0 Å². The van der Waals surface area contributed by atoms with Crippen LogP contribution in [0.25, 0.3) is 0 Å². The van der Waals surface area contributed by atoms with Gasteiger partial charge < -0.3 is 10.2 Å². The number of hydrogen-bond acceptors (Lipinski definition) is 2. The second-order valence-electron chi connectivity index (χ2n) is 3.62. The SMILES string of the molecule is Cc1cc(Br)c(O)c(C(C)C(=O)O)c1C. The highest BCUT2D eigenvalue weighted by atomic mass is 79.9. The zero-order valence-corrected chi connectivity index (χ0v) is 10.4. The molecule has 1 aromatic rings. The molecular weight excluding hydrogens is 260 g/mol. The molecule has 15 heavy (non-hydrogen) atoms. The fourth-order valence-corrected chi connectivity index (χ4v) is 2.10. The molecule has 0 aromatic heterocycles. The molecule has 0 aliphatic heterocycles. The third kappa shape index (κ3) is 2.15. The molecule has 1 atom stereocenters. The highest BCUT2D eigenvalue weighted by Gasteiger charge is 2.22. The van der Waals surface area contributed by atoms with Crippen molar-refractivity contribution in [2.75, 3.05) is 0 Å². The van der Waals surface area contributed by atoms with Gasteiger partial charge in [0.15, 0.2) is 0 Å². The molecule has 0 aliphatic rings. The van der Waals surface area contributed by atoms with Crippen molar-refractivity contribution in [2.45, 2.75) is 26.7 Å².